The zero-order valence-corrected chi connectivity index (χ0v) is 27.2. The molecular formula is C45H27N5O. The van der Waals surface area contributed by atoms with Gasteiger partial charge in [-0.25, -0.2) is 4.98 Å². The van der Waals surface area contributed by atoms with Gasteiger partial charge in [0.25, 0.3) is 0 Å². The van der Waals surface area contributed by atoms with Gasteiger partial charge in [0.2, 0.25) is 5.95 Å². The van der Waals surface area contributed by atoms with E-state index in [0.29, 0.717) is 17.6 Å². The van der Waals surface area contributed by atoms with Crippen molar-refractivity contribution >= 4 is 65.6 Å². The van der Waals surface area contributed by atoms with Gasteiger partial charge in [-0.2, -0.15) is 9.97 Å². The average molecular weight is 654 g/mol. The van der Waals surface area contributed by atoms with E-state index in [4.69, 9.17) is 19.4 Å². The standard InChI is InChI=1S/C45H27N5O/c1-2-14-28(15-3-1)43-46-44(33-19-7-12-24-38(33)49-35-21-9-4-16-29(35)30-17-5-10-22-36(30)49)48-45(47-43)50-37-23-11-6-18-31(37)32-26-27-40-41(42(32)50)34-20-8-13-25-39(34)51-40/h1-27H. The maximum atomic E-state index is 6.39. The summed E-state index contributed by atoms with van der Waals surface area (Å²) >= 11 is 0. The molecule has 7 aromatic carbocycles. The number of para-hydroxylation sites is 5. The Labute approximate surface area is 291 Å². The molecule has 6 nitrogen and oxygen atoms in total. The van der Waals surface area contributed by atoms with Crippen molar-refractivity contribution in [1.29, 1.82) is 0 Å². The Kier molecular flexibility index (Phi) is 5.86. The van der Waals surface area contributed by atoms with Crippen LogP contribution in [0.1, 0.15) is 0 Å². The van der Waals surface area contributed by atoms with E-state index in [1.807, 2.05) is 30.3 Å². The highest BCUT2D eigenvalue weighted by Gasteiger charge is 2.23. The molecule has 0 saturated heterocycles. The number of hydrogen-bond donors (Lipinski definition) is 0. The van der Waals surface area contributed by atoms with Crippen LogP contribution in [0.15, 0.2) is 168 Å². The molecule has 51 heavy (non-hydrogen) atoms. The van der Waals surface area contributed by atoms with E-state index in [0.717, 1.165) is 71.6 Å². The number of hydrogen-bond acceptors (Lipinski definition) is 4. The normalized spacial score (nSPS) is 11.9. The van der Waals surface area contributed by atoms with Crippen LogP contribution in [0.25, 0.3) is 100.0 Å². The molecule has 4 heterocycles. The molecule has 0 radical (unpaired) electrons. The molecule has 0 aliphatic carbocycles. The van der Waals surface area contributed by atoms with E-state index in [9.17, 15) is 0 Å². The molecule has 0 fully saturated rings. The maximum absolute atomic E-state index is 6.39. The van der Waals surface area contributed by atoms with Gasteiger partial charge in [-0.1, -0.05) is 115 Å². The van der Waals surface area contributed by atoms with Crippen molar-refractivity contribution in [3.05, 3.63) is 164 Å². The molecule has 0 bridgehead atoms. The number of benzene rings is 7. The molecule has 0 spiro atoms. The first-order chi connectivity index (χ1) is 25.3. The first-order valence-corrected chi connectivity index (χ1v) is 17.0. The summed E-state index contributed by atoms with van der Waals surface area (Å²) < 4.78 is 10.9. The van der Waals surface area contributed by atoms with E-state index >= 15 is 0 Å². The van der Waals surface area contributed by atoms with Crippen molar-refractivity contribution in [2.45, 2.75) is 0 Å². The molecule has 0 saturated carbocycles. The maximum Gasteiger partial charge on any atom is 0.238 e. The highest BCUT2D eigenvalue weighted by Crippen LogP contribution is 2.41. The van der Waals surface area contributed by atoms with E-state index < -0.39 is 0 Å². The van der Waals surface area contributed by atoms with Crippen LogP contribution in [0.5, 0.6) is 0 Å². The summed E-state index contributed by atoms with van der Waals surface area (Å²) in [5.41, 5.74) is 8.75. The molecular weight excluding hydrogens is 627 g/mol. The van der Waals surface area contributed by atoms with Crippen LogP contribution in [0.4, 0.5) is 0 Å². The average Bonchev–Trinajstić information content (AvgIpc) is 3.86. The van der Waals surface area contributed by atoms with E-state index in [-0.39, 0.29) is 0 Å². The molecule has 6 heteroatoms. The first kappa shape index (κ1) is 27.9. The minimum Gasteiger partial charge on any atom is -0.456 e. The smallest absolute Gasteiger partial charge is 0.238 e. The van der Waals surface area contributed by atoms with Crippen molar-refractivity contribution in [3.8, 4) is 34.4 Å². The molecule has 0 amide bonds. The van der Waals surface area contributed by atoms with Crippen LogP contribution < -0.4 is 0 Å². The summed E-state index contributed by atoms with van der Waals surface area (Å²) in [6, 6.07) is 56.6. The molecule has 0 aliphatic rings. The lowest BCUT2D eigenvalue weighted by molar-refractivity contribution is 0.669. The predicted molar refractivity (Wildman–Crippen MR) is 207 cm³/mol. The monoisotopic (exact) mass is 653 g/mol. The minimum absolute atomic E-state index is 0.542. The second-order valence-corrected chi connectivity index (χ2v) is 12.8. The minimum atomic E-state index is 0.542. The molecule has 0 atom stereocenters. The fourth-order valence-electron chi connectivity index (χ4n) is 7.81. The van der Waals surface area contributed by atoms with Gasteiger partial charge in [-0.3, -0.25) is 4.57 Å². The molecule has 238 valence electrons. The highest BCUT2D eigenvalue weighted by atomic mass is 16.3. The van der Waals surface area contributed by atoms with Crippen LogP contribution in [-0.4, -0.2) is 24.1 Å². The molecule has 11 aromatic rings. The molecule has 0 unspecified atom stereocenters. The number of fused-ring (bicyclic) bond motifs is 10. The predicted octanol–water partition coefficient (Wildman–Crippen LogP) is 11.3. The first-order valence-electron chi connectivity index (χ1n) is 17.0. The summed E-state index contributed by atoms with van der Waals surface area (Å²) in [4.78, 5) is 15.8. The van der Waals surface area contributed by atoms with Gasteiger partial charge in [0.15, 0.2) is 11.6 Å². The van der Waals surface area contributed by atoms with Crippen molar-refractivity contribution in [2.75, 3.05) is 0 Å². The quantitative estimate of drug-likeness (QED) is 0.190. The van der Waals surface area contributed by atoms with Gasteiger partial charge < -0.3 is 8.98 Å². The topological polar surface area (TPSA) is 61.7 Å². The number of aromatic nitrogens is 5. The van der Waals surface area contributed by atoms with Crippen LogP contribution in [-0.2, 0) is 0 Å². The highest BCUT2D eigenvalue weighted by molar-refractivity contribution is 6.24. The van der Waals surface area contributed by atoms with Crippen molar-refractivity contribution in [2.24, 2.45) is 0 Å². The van der Waals surface area contributed by atoms with Gasteiger partial charge >= 0.3 is 0 Å². The Morgan fingerprint density at radius 1 is 0.392 bits per heavy atom. The Hall–Kier alpha value is -7.05. The Balaban J connectivity index is 1.26. The largest absolute Gasteiger partial charge is 0.456 e. The van der Waals surface area contributed by atoms with E-state index in [1.54, 1.807) is 0 Å². The van der Waals surface area contributed by atoms with Gasteiger partial charge in [0.1, 0.15) is 11.2 Å². The lowest BCUT2D eigenvalue weighted by Gasteiger charge is -2.15. The number of furan rings is 1. The fourth-order valence-corrected chi connectivity index (χ4v) is 7.81. The summed E-state index contributed by atoms with van der Waals surface area (Å²) in [6.45, 7) is 0. The zero-order chi connectivity index (χ0) is 33.5. The lowest BCUT2D eigenvalue weighted by Crippen LogP contribution is -2.08. The third-order valence-electron chi connectivity index (χ3n) is 10.00. The van der Waals surface area contributed by atoms with Gasteiger partial charge in [-0.05, 0) is 48.5 Å². The third kappa shape index (κ3) is 4.07. The van der Waals surface area contributed by atoms with Gasteiger partial charge in [0.05, 0.1) is 33.1 Å². The van der Waals surface area contributed by atoms with Gasteiger partial charge in [-0.15, -0.1) is 0 Å². The summed E-state index contributed by atoms with van der Waals surface area (Å²) in [6.07, 6.45) is 0. The fraction of sp³-hybridized carbons (Fsp3) is 0. The molecule has 11 rings (SSSR count). The van der Waals surface area contributed by atoms with Crippen LogP contribution in [0, 0.1) is 0 Å². The lowest BCUT2D eigenvalue weighted by atomic mass is 10.1. The number of nitrogens with zero attached hydrogens (tertiary/aromatic N) is 5. The SMILES string of the molecule is c1ccc(-c2nc(-c3ccccc3-n3c4ccccc4c4ccccc43)nc(-n3c4ccccc4c4ccc5oc6ccccc6c5c43)n2)cc1. The van der Waals surface area contributed by atoms with Crippen LogP contribution in [0.2, 0.25) is 0 Å². The summed E-state index contributed by atoms with van der Waals surface area (Å²) in [7, 11) is 0. The van der Waals surface area contributed by atoms with Crippen LogP contribution in [0.3, 0.4) is 0 Å². The molecule has 4 aromatic heterocycles. The second-order valence-electron chi connectivity index (χ2n) is 12.8. The van der Waals surface area contributed by atoms with Crippen molar-refractivity contribution in [3.63, 3.8) is 0 Å². The Morgan fingerprint density at radius 2 is 0.961 bits per heavy atom. The summed E-state index contributed by atoms with van der Waals surface area (Å²) in [5, 5.41) is 6.72. The summed E-state index contributed by atoms with van der Waals surface area (Å²) in [5.74, 6) is 1.73. The second kappa shape index (κ2) is 10.7. The zero-order valence-electron chi connectivity index (χ0n) is 27.2. The Bertz CT molecular complexity index is 3100. The van der Waals surface area contributed by atoms with E-state index in [2.05, 4.69) is 143 Å². The molecule has 0 N–H and O–H groups in total. The molecule has 0 aliphatic heterocycles. The third-order valence-corrected chi connectivity index (χ3v) is 10.00. The van der Waals surface area contributed by atoms with Crippen molar-refractivity contribution < 1.29 is 4.42 Å². The van der Waals surface area contributed by atoms with Crippen molar-refractivity contribution in [1.82, 2.24) is 24.1 Å². The number of rotatable bonds is 4. The van der Waals surface area contributed by atoms with Gasteiger partial charge in [0, 0.05) is 38.1 Å². The van der Waals surface area contributed by atoms with E-state index in [1.165, 1.54) is 10.8 Å². The Morgan fingerprint density at radius 3 is 1.71 bits per heavy atom. The van der Waals surface area contributed by atoms with Crippen LogP contribution >= 0.6 is 0 Å².